The van der Waals surface area contributed by atoms with Crippen LogP contribution in [-0.4, -0.2) is 49.0 Å². The van der Waals surface area contributed by atoms with Gasteiger partial charge in [0.2, 0.25) is 10.0 Å². The fourth-order valence-corrected chi connectivity index (χ4v) is 4.55. The second-order valence-electron chi connectivity index (χ2n) is 7.04. The lowest BCUT2D eigenvalue weighted by atomic mass is 10.1. The Kier molecular flexibility index (Phi) is 5.24. The number of H-pyrrole nitrogens is 1. The molecule has 4 rings (SSSR count). The number of fused-ring (bicyclic) bond motifs is 1. The molecule has 11 heteroatoms. The van der Waals surface area contributed by atoms with E-state index >= 15 is 0 Å². The fraction of sp³-hybridized carbons (Fsp3) is 0.368. The molecule has 2 aromatic heterocycles. The van der Waals surface area contributed by atoms with Crippen LogP contribution in [0.3, 0.4) is 0 Å². The maximum atomic E-state index is 14.7. The van der Waals surface area contributed by atoms with Gasteiger partial charge in [-0.15, -0.1) is 0 Å². The lowest BCUT2D eigenvalue weighted by Gasteiger charge is -2.26. The molecule has 0 spiro atoms. The highest BCUT2D eigenvalue weighted by atomic mass is 32.2. The van der Waals surface area contributed by atoms with E-state index in [-0.39, 0.29) is 28.9 Å². The second kappa shape index (κ2) is 7.73. The van der Waals surface area contributed by atoms with Gasteiger partial charge in [0.1, 0.15) is 0 Å². The second-order valence-corrected chi connectivity index (χ2v) is 8.88. The van der Waals surface area contributed by atoms with Crippen LogP contribution in [0.1, 0.15) is 19.4 Å². The van der Waals surface area contributed by atoms with E-state index in [9.17, 15) is 17.6 Å². The molecule has 1 saturated heterocycles. The average molecular weight is 436 g/mol. The zero-order chi connectivity index (χ0) is 21.5. The van der Waals surface area contributed by atoms with Gasteiger partial charge in [0.05, 0.1) is 43.3 Å². The average Bonchev–Trinajstić information content (AvgIpc) is 2.95. The Balaban J connectivity index is 1.82. The summed E-state index contributed by atoms with van der Waals surface area (Å²) in [6, 6.07) is 4.34. The standard InChI is InChI=1S/C19H21FN4O5S/c1-3-4-30(26,27)23-15-6-11(5-14(20)17(15)28-2)12-7-16-18(21-8-12)22-19(25)24(16)13-9-29-10-13/h5-8,13,23H,3-4,9-10H2,1-2H3,(H,21,22,25). The number of aromatic amines is 1. The predicted octanol–water partition coefficient (Wildman–Crippen LogP) is 2.26. The molecular formula is C19H21FN4O5S. The molecule has 30 heavy (non-hydrogen) atoms. The Morgan fingerprint density at radius 1 is 1.33 bits per heavy atom. The van der Waals surface area contributed by atoms with Gasteiger partial charge in [0.15, 0.2) is 17.2 Å². The molecule has 0 bridgehead atoms. The van der Waals surface area contributed by atoms with Gasteiger partial charge in [0, 0.05) is 11.8 Å². The summed E-state index contributed by atoms with van der Waals surface area (Å²) in [5, 5.41) is 0. The molecule has 3 heterocycles. The van der Waals surface area contributed by atoms with Gasteiger partial charge in [-0.1, -0.05) is 6.92 Å². The summed E-state index contributed by atoms with van der Waals surface area (Å²) in [7, 11) is -2.39. The van der Waals surface area contributed by atoms with E-state index in [2.05, 4.69) is 14.7 Å². The molecule has 160 valence electrons. The van der Waals surface area contributed by atoms with Crippen molar-refractivity contribution < 1.29 is 22.3 Å². The van der Waals surface area contributed by atoms with E-state index in [0.717, 1.165) is 0 Å². The summed E-state index contributed by atoms with van der Waals surface area (Å²) in [6.07, 6.45) is 1.90. The third-order valence-electron chi connectivity index (χ3n) is 4.88. The van der Waals surface area contributed by atoms with Gasteiger partial charge in [-0.2, -0.15) is 0 Å². The summed E-state index contributed by atoms with van der Waals surface area (Å²) in [6.45, 7) is 2.59. The van der Waals surface area contributed by atoms with Crippen molar-refractivity contribution in [2.24, 2.45) is 0 Å². The maximum Gasteiger partial charge on any atom is 0.328 e. The highest BCUT2D eigenvalue weighted by Gasteiger charge is 2.25. The number of imidazole rings is 1. The number of methoxy groups -OCH3 is 1. The van der Waals surface area contributed by atoms with Gasteiger partial charge < -0.3 is 9.47 Å². The van der Waals surface area contributed by atoms with E-state index in [1.54, 1.807) is 17.6 Å². The van der Waals surface area contributed by atoms with Crippen LogP contribution in [0.15, 0.2) is 29.2 Å². The molecule has 2 N–H and O–H groups in total. The molecule has 1 aromatic carbocycles. The first kappa shape index (κ1) is 20.4. The molecule has 0 saturated carbocycles. The van der Waals surface area contributed by atoms with E-state index in [0.29, 0.717) is 41.9 Å². The molecule has 1 fully saturated rings. The van der Waals surface area contributed by atoms with Gasteiger partial charge >= 0.3 is 5.69 Å². The first-order chi connectivity index (χ1) is 14.3. The number of rotatable bonds is 7. The summed E-state index contributed by atoms with van der Waals surface area (Å²) in [4.78, 5) is 19.3. The molecule has 0 amide bonds. The van der Waals surface area contributed by atoms with Crippen molar-refractivity contribution in [2.75, 3.05) is 30.8 Å². The van der Waals surface area contributed by atoms with Crippen LogP contribution in [0, 0.1) is 5.82 Å². The molecular weight excluding hydrogens is 415 g/mol. The first-order valence-electron chi connectivity index (χ1n) is 9.39. The number of halogens is 1. The first-order valence-corrected chi connectivity index (χ1v) is 11.0. The number of pyridine rings is 1. The molecule has 9 nitrogen and oxygen atoms in total. The number of benzene rings is 1. The zero-order valence-electron chi connectivity index (χ0n) is 16.4. The smallest absolute Gasteiger partial charge is 0.328 e. The van der Waals surface area contributed by atoms with Crippen LogP contribution in [0.4, 0.5) is 10.1 Å². The molecule has 3 aromatic rings. The Hall–Kier alpha value is -2.92. The predicted molar refractivity (Wildman–Crippen MR) is 110 cm³/mol. The Morgan fingerprint density at radius 2 is 2.10 bits per heavy atom. The minimum atomic E-state index is -3.65. The number of hydrogen-bond donors (Lipinski definition) is 2. The Bertz CT molecular complexity index is 1260. The lowest BCUT2D eigenvalue weighted by molar-refractivity contribution is -0.0228. The molecule has 1 aliphatic heterocycles. The van der Waals surface area contributed by atoms with E-state index < -0.39 is 15.8 Å². The van der Waals surface area contributed by atoms with Crippen molar-refractivity contribution in [3.05, 3.63) is 40.7 Å². The van der Waals surface area contributed by atoms with Crippen LogP contribution in [0.2, 0.25) is 0 Å². The SMILES string of the molecule is CCCS(=O)(=O)Nc1cc(-c2cnc3[nH]c(=O)n(C4COC4)c3c2)cc(F)c1OC. The topological polar surface area (TPSA) is 115 Å². The molecule has 0 aliphatic carbocycles. The minimum Gasteiger partial charge on any atom is -0.492 e. The van der Waals surface area contributed by atoms with E-state index in [1.807, 2.05) is 0 Å². The van der Waals surface area contributed by atoms with Crippen molar-refractivity contribution in [3.8, 4) is 16.9 Å². The number of sulfonamides is 1. The maximum absolute atomic E-state index is 14.7. The van der Waals surface area contributed by atoms with Crippen molar-refractivity contribution in [1.29, 1.82) is 0 Å². The zero-order valence-corrected chi connectivity index (χ0v) is 17.3. The van der Waals surface area contributed by atoms with E-state index in [4.69, 9.17) is 9.47 Å². The van der Waals surface area contributed by atoms with Gasteiger partial charge in [-0.05, 0) is 30.2 Å². The third kappa shape index (κ3) is 3.65. The Labute approximate surface area is 171 Å². The number of nitrogens with zero attached hydrogens (tertiary/aromatic N) is 2. The molecule has 0 atom stereocenters. The minimum absolute atomic E-state index is 0.0000936. The van der Waals surface area contributed by atoms with Gasteiger partial charge in [-0.3, -0.25) is 14.3 Å². The third-order valence-corrected chi connectivity index (χ3v) is 6.35. The number of ether oxygens (including phenoxy) is 2. The normalized spacial score (nSPS) is 14.6. The lowest BCUT2D eigenvalue weighted by Crippen LogP contribution is -2.36. The number of aromatic nitrogens is 3. The van der Waals surface area contributed by atoms with Gasteiger partial charge in [0.25, 0.3) is 0 Å². The fourth-order valence-electron chi connectivity index (χ4n) is 3.43. The summed E-state index contributed by atoms with van der Waals surface area (Å²) in [5.74, 6) is -1.02. The number of anilines is 1. The largest absolute Gasteiger partial charge is 0.492 e. The Morgan fingerprint density at radius 3 is 2.73 bits per heavy atom. The van der Waals surface area contributed by atoms with Crippen molar-refractivity contribution in [1.82, 2.24) is 14.5 Å². The highest BCUT2D eigenvalue weighted by Crippen LogP contribution is 2.35. The van der Waals surface area contributed by atoms with Crippen LogP contribution in [0.25, 0.3) is 22.3 Å². The summed E-state index contributed by atoms with van der Waals surface area (Å²) >= 11 is 0. The summed E-state index contributed by atoms with van der Waals surface area (Å²) < 4.78 is 53.3. The number of nitrogens with one attached hydrogen (secondary N) is 2. The van der Waals surface area contributed by atoms with Crippen molar-refractivity contribution in [2.45, 2.75) is 19.4 Å². The molecule has 1 aliphatic rings. The van der Waals surface area contributed by atoms with Crippen molar-refractivity contribution in [3.63, 3.8) is 0 Å². The van der Waals surface area contributed by atoms with Crippen LogP contribution in [-0.2, 0) is 14.8 Å². The van der Waals surface area contributed by atoms with Crippen molar-refractivity contribution >= 4 is 26.9 Å². The highest BCUT2D eigenvalue weighted by molar-refractivity contribution is 7.92. The monoisotopic (exact) mass is 436 g/mol. The van der Waals surface area contributed by atoms with Crippen LogP contribution < -0.4 is 15.1 Å². The molecule has 0 unspecified atom stereocenters. The molecule has 0 radical (unpaired) electrons. The number of hydrogen-bond acceptors (Lipinski definition) is 6. The van der Waals surface area contributed by atoms with Gasteiger partial charge in [-0.25, -0.2) is 22.6 Å². The van der Waals surface area contributed by atoms with E-state index in [1.165, 1.54) is 25.4 Å². The summed E-state index contributed by atoms with van der Waals surface area (Å²) in [5.41, 5.74) is 1.59. The quantitative estimate of drug-likeness (QED) is 0.587. The van der Waals surface area contributed by atoms with Crippen LogP contribution >= 0.6 is 0 Å². The van der Waals surface area contributed by atoms with Crippen LogP contribution in [0.5, 0.6) is 5.75 Å².